The van der Waals surface area contributed by atoms with Gasteiger partial charge in [0.25, 0.3) is 0 Å². The summed E-state index contributed by atoms with van der Waals surface area (Å²) in [4.78, 5) is 13.8. The van der Waals surface area contributed by atoms with Gasteiger partial charge in [0.1, 0.15) is 0 Å². The van der Waals surface area contributed by atoms with Crippen LogP contribution < -0.4 is 5.43 Å². The summed E-state index contributed by atoms with van der Waals surface area (Å²) in [5.74, 6) is -0.126. The number of ketones is 1. The van der Waals surface area contributed by atoms with Gasteiger partial charge in [0.05, 0.1) is 11.1 Å². The number of hydrazone groups is 1. The Labute approximate surface area is 97.6 Å². The summed E-state index contributed by atoms with van der Waals surface area (Å²) in [6, 6.07) is 3.58. The summed E-state index contributed by atoms with van der Waals surface area (Å²) in [5, 5.41) is 6.06. The van der Waals surface area contributed by atoms with Crippen molar-refractivity contribution in [2.24, 2.45) is 5.10 Å². The van der Waals surface area contributed by atoms with Gasteiger partial charge < -0.3 is 4.90 Å². The number of rotatable bonds is 3. The molecule has 0 aliphatic heterocycles. The first kappa shape index (κ1) is 11.8. The van der Waals surface area contributed by atoms with Crippen molar-refractivity contribution in [1.82, 2.24) is 10.3 Å². The molecule has 0 saturated heterocycles. The fourth-order valence-electron chi connectivity index (χ4n) is 0.729. The summed E-state index contributed by atoms with van der Waals surface area (Å²) in [5.41, 5.74) is 2.59. The van der Waals surface area contributed by atoms with Crippen LogP contribution in [0.25, 0.3) is 0 Å². The summed E-state index contributed by atoms with van der Waals surface area (Å²) >= 11 is 6.31. The van der Waals surface area contributed by atoms with E-state index in [0.29, 0.717) is 9.99 Å². The van der Waals surface area contributed by atoms with Crippen LogP contribution in [0.5, 0.6) is 0 Å². The third-order valence-electron chi connectivity index (χ3n) is 1.51. The predicted molar refractivity (Wildman–Crippen MR) is 66.6 cm³/mol. The first-order chi connectivity index (χ1) is 7.11. The second-order valence-corrected chi connectivity index (χ2v) is 4.25. The number of nitrogens with one attached hydrogen (secondary N) is 1. The molecule has 6 heteroatoms. The van der Waals surface area contributed by atoms with Gasteiger partial charge in [-0.1, -0.05) is 6.07 Å². The molecule has 1 rings (SSSR count). The Bertz CT molecular complexity index is 371. The molecule has 0 spiro atoms. The summed E-state index contributed by atoms with van der Waals surface area (Å²) in [6.07, 6.45) is 1.22. The second kappa shape index (κ2) is 5.57. The first-order valence-electron chi connectivity index (χ1n) is 4.19. The Morgan fingerprint density at radius 1 is 1.67 bits per heavy atom. The van der Waals surface area contributed by atoms with Crippen LogP contribution in [0.15, 0.2) is 22.6 Å². The highest BCUT2D eigenvalue weighted by atomic mass is 32.1. The fraction of sp³-hybridized carbons (Fsp3) is 0.222. The highest BCUT2D eigenvalue weighted by Crippen LogP contribution is 2.07. The molecule has 15 heavy (non-hydrogen) atoms. The van der Waals surface area contributed by atoms with E-state index >= 15 is 0 Å². The molecule has 0 aromatic carbocycles. The number of carbonyl (C=O) groups is 1. The molecule has 0 radical (unpaired) electrons. The average molecular weight is 241 g/mol. The van der Waals surface area contributed by atoms with Crippen molar-refractivity contribution < 1.29 is 4.79 Å². The highest BCUT2D eigenvalue weighted by molar-refractivity contribution is 7.80. The van der Waals surface area contributed by atoms with E-state index in [9.17, 15) is 4.79 Å². The summed E-state index contributed by atoms with van der Waals surface area (Å²) in [6.45, 7) is 0. The number of nitrogens with zero attached hydrogens (tertiary/aromatic N) is 2. The summed E-state index contributed by atoms with van der Waals surface area (Å²) in [7, 11) is 3.60. The van der Waals surface area contributed by atoms with Gasteiger partial charge in [-0.15, -0.1) is 11.3 Å². The number of hydrogen-bond acceptors (Lipinski definition) is 4. The Morgan fingerprint density at radius 3 is 2.93 bits per heavy atom. The van der Waals surface area contributed by atoms with E-state index in [1.165, 1.54) is 17.6 Å². The minimum Gasteiger partial charge on any atom is -0.354 e. The van der Waals surface area contributed by atoms with Gasteiger partial charge >= 0.3 is 0 Å². The van der Waals surface area contributed by atoms with E-state index in [1.54, 1.807) is 25.1 Å². The van der Waals surface area contributed by atoms with Crippen LogP contribution in [0.3, 0.4) is 0 Å². The zero-order valence-corrected chi connectivity index (χ0v) is 10.1. The minimum absolute atomic E-state index is 0.126. The van der Waals surface area contributed by atoms with Crippen LogP contribution in [0, 0.1) is 0 Å². The number of thiocarbonyl (C=S) groups is 1. The van der Waals surface area contributed by atoms with Crippen LogP contribution in [-0.2, 0) is 0 Å². The number of thiophene rings is 1. The Hall–Kier alpha value is -1.27. The van der Waals surface area contributed by atoms with Crippen LogP contribution >= 0.6 is 23.6 Å². The van der Waals surface area contributed by atoms with Gasteiger partial charge in [-0.3, -0.25) is 10.2 Å². The lowest BCUT2D eigenvalue weighted by Crippen LogP contribution is -2.31. The van der Waals surface area contributed by atoms with Gasteiger partial charge in [0.2, 0.25) is 5.78 Å². The molecule has 0 saturated carbocycles. The average Bonchev–Trinajstić information content (AvgIpc) is 2.70. The quantitative estimate of drug-likeness (QED) is 0.375. The monoisotopic (exact) mass is 241 g/mol. The molecule has 1 heterocycles. The number of Topliss-reactive ketones (excluding diaryl/α,β-unsaturated/α-hetero) is 1. The van der Waals surface area contributed by atoms with Gasteiger partial charge in [0.15, 0.2) is 5.11 Å². The molecule has 0 bridgehead atoms. The zero-order chi connectivity index (χ0) is 11.3. The molecule has 4 nitrogen and oxygen atoms in total. The Balaban J connectivity index is 2.46. The maximum absolute atomic E-state index is 11.4. The molecular formula is C9H11N3OS2. The van der Waals surface area contributed by atoms with Crippen LogP contribution in [0.4, 0.5) is 0 Å². The third kappa shape index (κ3) is 3.77. The summed E-state index contributed by atoms with van der Waals surface area (Å²) < 4.78 is 0. The zero-order valence-electron chi connectivity index (χ0n) is 8.43. The molecule has 0 aliphatic carbocycles. The molecule has 0 unspecified atom stereocenters. The Morgan fingerprint density at radius 2 is 2.40 bits per heavy atom. The van der Waals surface area contributed by atoms with Crippen molar-refractivity contribution in [3.63, 3.8) is 0 Å². The standard InChI is InChI=1S/C9H11N3OS2/c1-12(2)9(14)11-10-6-7(13)8-4-3-5-15-8/h3-6H,1-2H3,(H,11,14)/b10-6+. The number of carbonyl (C=O) groups excluding carboxylic acids is 1. The van der Waals surface area contributed by atoms with Gasteiger partial charge in [-0.05, 0) is 23.7 Å². The number of hydrogen-bond donors (Lipinski definition) is 1. The van der Waals surface area contributed by atoms with E-state index in [-0.39, 0.29) is 5.78 Å². The molecular weight excluding hydrogens is 230 g/mol. The molecule has 0 fully saturated rings. The van der Waals surface area contributed by atoms with Crippen molar-refractivity contribution in [3.8, 4) is 0 Å². The van der Waals surface area contributed by atoms with Crippen LogP contribution in [-0.4, -0.2) is 36.1 Å². The lowest BCUT2D eigenvalue weighted by Gasteiger charge is -2.11. The molecule has 1 aromatic rings. The lowest BCUT2D eigenvalue weighted by molar-refractivity contribution is 0.107. The topological polar surface area (TPSA) is 44.7 Å². The molecule has 0 amide bonds. The van der Waals surface area contributed by atoms with Gasteiger partial charge in [0, 0.05) is 14.1 Å². The van der Waals surface area contributed by atoms with Crippen LogP contribution in [0.2, 0.25) is 0 Å². The smallest absolute Gasteiger partial charge is 0.215 e. The van der Waals surface area contributed by atoms with Crippen molar-refractivity contribution in [2.45, 2.75) is 0 Å². The van der Waals surface area contributed by atoms with Crippen molar-refractivity contribution in [2.75, 3.05) is 14.1 Å². The van der Waals surface area contributed by atoms with E-state index in [4.69, 9.17) is 12.2 Å². The second-order valence-electron chi connectivity index (χ2n) is 2.91. The van der Waals surface area contributed by atoms with Crippen molar-refractivity contribution in [1.29, 1.82) is 0 Å². The molecule has 1 N–H and O–H groups in total. The predicted octanol–water partition coefficient (Wildman–Crippen LogP) is 1.35. The maximum atomic E-state index is 11.4. The largest absolute Gasteiger partial charge is 0.354 e. The maximum Gasteiger partial charge on any atom is 0.215 e. The molecule has 0 atom stereocenters. The third-order valence-corrected chi connectivity index (χ3v) is 2.85. The molecule has 1 aromatic heterocycles. The minimum atomic E-state index is -0.126. The SMILES string of the molecule is CN(C)C(=S)N/N=C/C(=O)c1cccs1. The van der Waals surface area contributed by atoms with Gasteiger partial charge in [-0.2, -0.15) is 5.10 Å². The first-order valence-corrected chi connectivity index (χ1v) is 5.48. The lowest BCUT2D eigenvalue weighted by atomic mass is 10.3. The van der Waals surface area contributed by atoms with Crippen molar-refractivity contribution in [3.05, 3.63) is 22.4 Å². The molecule has 80 valence electrons. The van der Waals surface area contributed by atoms with Crippen molar-refractivity contribution >= 4 is 40.7 Å². The highest BCUT2D eigenvalue weighted by Gasteiger charge is 2.02. The van der Waals surface area contributed by atoms with E-state index in [0.717, 1.165) is 0 Å². The van der Waals surface area contributed by atoms with E-state index in [1.807, 2.05) is 11.4 Å². The van der Waals surface area contributed by atoms with Gasteiger partial charge in [-0.25, -0.2) is 0 Å². The van der Waals surface area contributed by atoms with E-state index in [2.05, 4.69) is 10.5 Å². The Kier molecular flexibility index (Phi) is 4.38. The fourth-order valence-corrected chi connectivity index (χ4v) is 1.41. The molecule has 0 aliphatic rings. The normalized spacial score (nSPS) is 10.3. The van der Waals surface area contributed by atoms with E-state index < -0.39 is 0 Å². The van der Waals surface area contributed by atoms with Crippen LogP contribution in [0.1, 0.15) is 9.67 Å².